The molecule has 1 unspecified atom stereocenters. The largest absolute Gasteiger partial charge is 0.508 e. The van der Waals surface area contributed by atoms with Crippen LogP contribution in [0.15, 0.2) is 60.7 Å². The molecule has 1 atom stereocenters. The third-order valence-electron chi connectivity index (χ3n) is 7.28. The van der Waals surface area contributed by atoms with E-state index in [1.165, 1.54) is 38.8 Å². The number of phenols is 2. The Morgan fingerprint density at radius 2 is 1.54 bits per heavy atom. The van der Waals surface area contributed by atoms with Gasteiger partial charge in [-0.15, -0.1) is 0 Å². The summed E-state index contributed by atoms with van der Waals surface area (Å²) in [5.41, 5.74) is 4.58. The molecule has 6 rings (SSSR count). The number of fused-ring (bicyclic) bond motifs is 4. The van der Waals surface area contributed by atoms with Crippen molar-refractivity contribution in [3.8, 4) is 28.7 Å². The van der Waals surface area contributed by atoms with Crippen LogP contribution in [-0.4, -0.2) is 54.2 Å². The average molecular weight is 501 g/mol. The number of phenolic OH excluding ortho intramolecular Hbond substituents is 2. The van der Waals surface area contributed by atoms with E-state index in [2.05, 4.69) is 10.2 Å². The second-order valence-electron chi connectivity index (χ2n) is 9.81. The Morgan fingerprint density at radius 1 is 0.838 bits per heavy atom. The summed E-state index contributed by atoms with van der Waals surface area (Å²) in [5, 5.41) is 23.5. The predicted molar refractivity (Wildman–Crippen MR) is 143 cm³/mol. The van der Waals surface area contributed by atoms with Crippen molar-refractivity contribution in [3.63, 3.8) is 0 Å². The molecule has 0 amide bonds. The fourth-order valence-corrected chi connectivity index (χ4v) is 5.36. The summed E-state index contributed by atoms with van der Waals surface area (Å²) in [6.45, 7) is 4.31. The quantitative estimate of drug-likeness (QED) is 0.413. The molecule has 192 valence electrons. The molecular formula is C30H32N2O5. The van der Waals surface area contributed by atoms with Gasteiger partial charge in [-0.1, -0.05) is 12.8 Å². The fourth-order valence-electron chi connectivity index (χ4n) is 5.36. The van der Waals surface area contributed by atoms with E-state index in [1.54, 1.807) is 24.3 Å². The molecule has 3 aliphatic rings. The molecule has 7 nitrogen and oxygen atoms in total. The molecule has 7 heteroatoms. The Morgan fingerprint density at radius 3 is 2.30 bits per heavy atom. The molecule has 3 N–H and O–H groups in total. The smallest absolute Gasteiger partial charge is 0.197 e. The van der Waals surface area contributed by atoms with Gasteiger partial charge in [0, 0.05) is 46.6 Å². The third-order valence-corrected chi connectivity index (χ3v) is 7.28. The maximum atomic E-state index is 10.1. The lowest BCUT2D eigenvalue weighted by molar-refractivity contribution is 0.214. The Balaban J connectivity index is 1.20. The first-order valence-electron chi connectivity index (χ1n) is 13.0. The van der Waals surface area contributed by atoms with E-state index in [0.717, 1.165) is 40.3 Å². The lowest BCUT2D eigenvalue weighted by atomic mass is 9.88. The Kier molecular flexibility index (Phi) is 6.53. The van der Waals surface area contributed by atoms with E-state index >= 15 is 0 Å². The van der Waals surface area contributed by atoms with E-state index in [4.69, 9.17) is 14.2 Å². The second kappa shape index (κ2) is 10.3. The minimum atomic E-state index is -0.508. The van der Waals surface area contributed by atoms with Gasteiger partial charge in [-0.05, 0) is 74.5 Å². The topological polar surface area (TPSA) is 83.4 Å². The zero-order chi connectivity index (χ0) is 25.2. The number of aromatic hydroxyl groups is 2. The number of anilines is 1. The molecule has 0 spiro atoms. The molecule has 3 aromatic carbocycles. The molecule has 37 heavy (non-hydrogen) atoms. The van der Waals surface area contributed by atoms with Gasteiger partial charge in [-0.25, -0.2) is 0 Å². The lowest BCUT2D eigenvalue weighted by Gasteiger charge is -2.35. The van der Waals surface area contributed by atoms with Crippen LogP contribution >= 0.6 is 0 Å². The number of nitrogens with zero attached hydrogens (tertiary/aromatic N) is 1. The van der Waals surface area contributed by atoms with E-state index < -0.39 is 6.23 Å². The van der Waals surface area contributed by atoms with E-state index in [-0.39, 0.29) is 11.5 Å². The van der Waals surface area contributed by atoms with Gasteiger partial charge in [0.2, 0.25) is 0 Å². The summed E-state index contributed by atoms with van der Waals surface area (Å²) >= 11 is 0. The highest BCUT2D eigenvalue weighted by molar-refractivity contribution is 6.00. The van der Waals surface area contributed by atoms with Gasteiger partial charge in [-0.3, -0.25) is 4.90 Å². The van der Waals surface area contributed by atoms with Crippen molar-refractivity contribution in [1.29, 1.82) is 0 Å². The van der Waals surface area contributed by atoms with Crippen molar-refractivity contribution in [2.24, 2.45) is 0 Å². The van der Waals surface area contributed by atoms with E-state index in [1.807, 2.05) is 36.4 Å². The molecule has 3 aromatic rings. The monoisotopic (exact) mass is 500 g/mol. The number of rotatable bonds is 6. The summed E-state index contributed by atoms with van der Waals surface area (Å²) in [6.07, 6.45) is 4.73. The predicted octanol–water partition coefficient (Wildman–Crippen LogP) is 5.49. The number of benzene rings is 3. The second-order valence-corrected chi connectivity index (χ2v) is 9.81. The summed E-state index contributed by atoms with van der Waals surface area (Å²) in [5.74, 6) is 2.35. The van der Waals surface area contributed by atoms with Crippen molar-refractivity contribution >= 4 is 16.8 Å². The lowest BCUT2D eigenvalue weighted by Crippen LogP contribution is -2.34. The van der Waals surface area contributed by atoms with Crippen LogP contribution in [-0.2, 0) is 0 Å². The van der Waals surface area contributed by atoms with Crippen LogP contribution in [0.1, 0.15) is 36.8 Å². The van der Waals surface area contributed by atoms with Crippen molar-refractivity contribution < 1.29 is 24.4 Å². The van der Waals surface area contributed by atoms with Gasteiger partial charge in [-0.2, -0.15) is 0 Å². The maximum absolute atomic E-state index is 10.1. The molecular weight excluding hydrogens is 468 g/mol. The number of nitrogens with one attached hydrogen (secondary N) is 1. The minimum Gasteiger partial charge on any atom is -0.508 e. The van der Waals surface area contributed by atoms with Crippen molar-refractivity contribution in [1.82, 2.24) is 4.90 Å². The van der Waals surface area contributed by atoms with Crippen LogP contribution in [0.2, 0.25) is 0 Å². The van der Waals surface area contributed by atoms with Crippen LogP contribution < -0.4 is 19.5 Å². The summed E-state index contributed by atoms with van der Waals surface area (Å²) in [6, 6.07) is 18.2. The highest BCUT2D eigenvalue weighted by Gasteiger charge is 2.34. The van der Waals surface area contributed by atoms with Crippen LogP contribution in [0.5, 0.6) is 28.7 Å². The highest BCUT2D eigenvalue weighted by atomic mass is 16.5. The Bertz CT molecular complexity index is 1300. The zero-order valence-corrected chi connectivity index (χ0v) is 20.8. The molecule has 3 heterocycles. The number of ether oxygens (including phenoxy) is 3. The first-order valence-corrected chi connectivity index (χ1v) is 13.0. The normalized spacial score (nSPS) is 19.0. The van der Waals surface area contributed by atoms with Gasteiger partial charge in [0.25, 0.3) is 0 Å². The molecule has 1 fully saturated rings. The first-order chi connectivity index (χ1) is 18.1. The van der Waals surface area contributed by atoms with Crippen molar-refractivity contribution in [3.05, 3.63) is 71.8 Å². The van der Waals surface area contributed by atoms with Crippen LogP contribution in [0.25, 0.3) is 11.1 Å². The average Bonchev–Trinajstić information content (AvgIpc) is 3.18. The molecule has 3 aliphatic heterocycles. The molecule has 0 bridgehead atoms. The Labute approximate surface area is 216 Å². The third kappa shape index (κ3) is 5.04. The Hall–Kier alpha value is -3.84. The zero-order valence-electron chi connectivity index (χ0n) is 20.8. The molecule has 1 saturated heterocycles. The summed E-state index contributed by atoms with van der Waals surface area (Å²) < 4.78 is 18.4. The number of likely N-dealkylation sites (tertiary alicyclic amines) is 1. The molecule has 0 aliphatic carbocycles. The standard InChI is InChI=1S/C30H32N2O5/c33-21-8-12-25-27(17-21)36-19-26-24-11-7-22(34)18-28(24)37-30(29(25)26)31-20-5-9-23(10-6-20)35-16-15-32-13-3-1-2-4-14-32/h5-12,17-18,30-31,33-34H,1-4,13-16,19H2. The minimum absolute atomic E-state index is 0.144. The first kappa shape index (κ1) is 23.6. The summed E-state index contributed by atoms with van der Waals surface area (Å²) in [7, 11) is 0. The van der Waals surface area contributed by atoms with E-state index in [0.29, 0.717) is 24.7 Å². The van der Waals surface area contributed by atoms with Crippen LogP contribution in [0.3, 0.4) is 0 Å². The van der Waals surface area contributed by atoms with Gasteiger partial charge >= 0.3 is 0 Å². The van der Waals surface area contributed by atoms with Gasteiger partial charge in [0.15, 0.2) is 6.23 Å². The van der Waals surface area contributed by atoms with Crippen molar-refractivity contribution in [2.45, 2.75) is 31.9 Å². The molecule has 0 saturated carbocycles. The van der Waals surface area contributed by atoms with E-state index in [9.17, 15) is 10.2 Å². The van der Waals surface area contributed by atoms with Gasteiger partial charge in [0.05, 0.1) is 0 Å². The number of hydrogen-bond acceptors (Lipinski definition) is 7. The molecule has 0 aromatic heterocycles. The van der Waals surface area contributed by atoms with Crippen molar-refractivity contribution in [2.75, 3.05) is 38.2 Å². The van der Waals surface area contributed by atoms with Crippen LogP contribution in [0.4, 0.5) is 5.69 Å². The molecule has 0 radical (unpaired) electrons. The maximum Gasteiger partial charge on any atom is 0.197 e. The van der Waals surface area contributed by atoms with Crippen LogP contribution in [0, 0.1) is 0 Å². The van der Waals surface area contributed by atoms with Gasteiger partial charge < -0.3 is 29.7 Å². The summed E-state index contributed by atoms with van der Waals surface area (Å²) in [4.78, 5) is 2.50. The number of hydrogen-bond donors (Lipinski definition) is 3. The SMILES string of the molecule is Oc1ccc2c(c1)OC(Nc1ccc(OCCN3CCCCCC3)cc1)C1=C2COc2cc(O)ccc21. The fraction of sp³-hybridized carbons (Fsp3) is 0.333. The highest BCUT2D eigenvalue weighted by Crippen LogP contribution is 2.47. The van der Waals surface area contributed by atoms with Gasteiger partial charge in [0.1, 0.15) is 42.0 Å².